The van der Waals surface area contributed by atoms with E-state index in [1.165, 1.54) is 4.57 Å². The van der Waals surface area contributed by atoms with Crippen molar-refractivity contribution in [2.45, 2.75) is 6.54 Å². The van der Waals surface area contributed by atoms with Crippen LogP contribution < -0.4 is 4.57 Å². The molecule has 0 aromatic carbocycles. The largest absolute Gasteiger partial charge is 0.269 e. The SMILES string of the molecule is [2H]C([2H])([2H])n1c2cnccc2c2c1[n+]1c(n2C)-c2cccnc2C1. The second-order valence-electron chi connectivity index (χ2n) is 5.37. The van der Waals surface area contributed by atoms with Crippen molar-refractivity contribution in [3.8, 4) is 11.4 Å². The highest BCUT2D eigenvalue weighted by Gasteiger charge is 2.34. The molecule has 0 saturated heterocycles. The predicted octanol–water partition coefficient (Wildman–Crippen LogP) is 1.78. The fourth-order valence-electron chi connectivity index (χ4n) is 3.46. The zero-order chi connectivity index (χ0) is 16.6. The zero-order valence-corrected chi connectivity index (χ0v) is 11.4. The van der Waals surface area contributed by atoms with E-state index in [0.29, 0.717) is 17.7 Å². The summed E-state index contributed by atoms with van der Waals surface area (Å²) < 4.78 is 29.6. The maximum absolute atomic E-state index is 8.02. The minimum absolute atomic E-state index is 0.572. The Bertz CT molecular complexity index is 1140. The Morgan fingerprint density at radius 2 is 2.24 bits per heavy atom. The number of aromatic nitrogens is 5. The molecule has 4 aromatic heterocycles. The number of hydrogen-bond acceptors (Lipinski definition) is 2. The molecule has 1 aliphatic rings. The normalized spacial score (nSPS) is 15.8. The summed E-state index contributed by atoms with van der Waals surface area (Å²) in [5, 5.41) is 0.894. The van der Waals surface area contributed by atoms with Crippen LogP contribution in [0, 0.1) is 0 Å². The van der Waals surface area contributed by atoms with Gasteiger partial charge in [0.1, 0.15) is 12.1 Å². The van der Waals surface area contributed by atoms with Crippen LogP contribution in [-0.2, 0) is 20.6 Å². The van der Waals surface area contributed by atoms with Gasteiger partial charge in [-0.1, -0.05) is 0 Å². The molecule has 5 heteroatoms. The number of fused-ring (bicyclic) bond motifs is 7. The van der Waals surface area contributed by atoms with Crippen molar-refractivity contribution >= 4 is 22.1 Å². The van der Waals surface area contributed by atoms with Crippen molar-refractivity contribution < 1.29 is 8.68 Å². The van der Waals surface area contributed by atoms with Gasteiger partial charge in [0.15, 0.2) is 5.52 Å². The van der Waals surface area contributed by atoms with Gasteiger partial charge in [-0.05, 0) is 18.2 Å². The molecular formula is C16H14N5+. The molecule has 0 amide bonds. The first-order valence-corrected chi connectivity index (χ1v) is 6.80. The van der Waals surface area contributed by atoms with E-state index in [4.69, 9.17) is 4.11 Å². The highest BCUT2D eigenvalue weighted by Crippen LogP contribution is 2.33. The van der Waals surface area contributed by atoms with Crippen molar-refractivity contribution in [2.24, 2.45) is 14.0 Å². The summed E-state index contributed by atoms with van der Waals surface area (Å²) >= 11 is 0. The number of nitrogens with zero attached hydrogens (tertiary/aromatic N) is 5. The molecule has 5 nitrogen and oxygen atoms in total. The van der Waals surface area contributed by atoms with Crippen LogP contribution in [-0.4, -0.2) is 19.1 Å². The molecule has 0 radical (unpaired) electrons. The molecule has 4 aromatic rings. The van der Waals surface area contributed by atoms with Gasteiger partial charge in [-0.3, -0.25) is 19.1 Å². The van der Waals surface area contributed by atoms with Crippen LogP contribution in [0.4, 0.5) is 0 Å². The van der Waals surface area contributed by atoms with Crippen molar-refractivity contribution in [2.75, 3.05) is 0 Å². The Kier molecular flexibility index (Phi) is 1.42. The number of imidazole rings is 1. The fourth-order valence-corrected chi connectivity index (χ4v) is 3.46. The molecular weight excluding hydrogens is 262 g/mol. The van der Waals surface area contributed by atoms with E-state index < -0.39 is 6.98 Å². The van der Waals surface area contributed by atoms with Crippen LogP contribution in [0.15, 0.2) is 36.8 Å². The van der Waals surface area contributed by atoms with Gasteiger partial charge < -0.3 is 0 Å². The van der Waals surface area contributed by atoms with Crippen molar-refractivity contribution in [3.05, 3.63) is 42.5 Å². The maximum atomic E-state index is 8.02. The van der Waals surface area contributed by atoms with E-state index in [1.54, 1.807) is 18.6 Å². The highest BCUT2D eigenvalue weighted by atomic mass is 15.2. The molecule has 21 heavy (non-hydrogen) atoms. The molecule has 5 heterocycles. The average molecular weight is 279 g/mol. The van der Waals surface area contributed by atoms with Crippen LogP contribution in [0.25, 0.3) is 33.5 Å². The topological polar surface area (TPSA) is 39.5 Å². The summed E-state index contributed by atoms with van der Waals surface area (Å²) in [5.74, 6) is 0.986. The molecule has 0 unspecified atom stereocenters. The third kappa shape index (κ3) is 1.15. The van der Waals surface area contributed by atoms with Crippen molar-refractivity contribution in [1.29, 1.82) is 0 Å². The standard InChI is InChI=1S/C16H14N5/c1-19-13-8-17-7-5-11(13)14-16(19)21-9-12-10(4-3-6-18-12)15(21)20(14)2/h3-8H,9H2,1-2H3/q+1/i1D3. The van der Waals surface area contributed by atoms with Crippen LogP contribution in [0.5, 0.6) is 0 Å². The Labute approximate surface area is 125 Å². The van der Waals surface area contributed by atoms with E-state index in [2.05, 4.69) is 14.5 Å². The first-order chi connectivity index (χ1) is 11.5. The summed E-state index contributed by atoms with van der Waals surface area (Å²) in [6.07, 6.45) is 5.09. The predicted molar refractivity (Wildman–Crippen MR) is 79.7 cm³/mol. The molecule has 1 aliphatic heterocycles. The van der Waals surface area contributed by atoms with Crippen LogP contribution >= 0.6 is 0 Å². The molecule has 0 fully saturated rings. The summed E-state index contributed by atoms with van der Waals surface area (Å²) in [7, 11) is 1.97. The Balaban J connectivity index is 2.02. The smallest absolute Gasteiger partial charge is 0.261 e. The minimum Gasteiger partial charge on any atom is -0.261 e. The maximum Gasteiger partial charge on any atom is 0.269 e. The van der Waals surface area contributed by atoms with Crippen LogP contribution in [0.3, 0.4) is 0 Å². The van der Waals surface area contributed by atoms with Gasteiger partial charge in [0.25, 0.3) is 5.65 Å². The Morgan fingerprint density at radius 1 is 1.29 bits per heavy atom. The third-order valence-corrected chi connectivity index (χ3v) is 4.32. The Hall–Kier alpha value is -2.69. The quantitative estimate of drug-likeness (QED) is 0.405. The number of rotatable bonds is 0. The molecule has 102 valence electrons. The van der Waals surface area contributed by atoms with E-state index in [-0.39, 0.29) is 0 Å². The van der Waals surface area contributed by atoms with Gasteiger partial charge in [0, 0.05) is 12.4 Å². The lowest BCUT2D eigenvalue weighted by molar-refractivity contribution is -0.649. The number of aryl methyl sites for hydroxylation is 2. The van der Waals surface area contributed by atoms with Crippen molar-refractivity contribution in [1.82, 2.24) is 19.1 Å². The summed E-state index contributed by atoms with van der Waals surface area (Å²) in [6, 6.07) is 5.81. The summed E-state index contributed by atoms with van der Waals surface area (Å²) in [4.78, 5) is 8.57. The van der Waals surface area contributed by atoms with Crippen LogP contribution in [0.1, 0.15) is 9.81 Å². The summed E-state index contributed by atoms with van der Waals surface area (Å²) in [6.45, 7) is -1.71. The number of pyridine rings is 2. The molecule has 0 atom stereocenters. The average Bonchev–Trinajstić information content (AvgIpc) is 3.16. The lowest BCUT2D eigenvalue weighted by atomic mass is 10.2. The van der Waals surface area contributed by atoms with Gasteiger partial charge in [-0.15, -0.1) is 0 Å². The second-order valence-corrected chi connectivity index (χ2v) is 5.37. The lowest BCUT2D eigenvalue weighted by Crippen LogP contribution is -2.33. The summed E-state index contributed by atoms with van der Waals surface area (Å²) in [5.41, 5.74) is 4.24. The fraction of sp³-hybridized carbons (Fsp3) is 0.188. The molecule has 5 rings (SSSR count). The zero-order valence-electron chi connectivity index (χ0n) is 14.4. The highest BCUT2D eigenvalue weighted by molar-refractivity contribution is 6.04. The molecule has 0 saturated carbocycles. The number of hydrogen-bond donors (Lipinski definition) is 0. The monoisotopic (exact) mass is 279 g/mol. The first kappa shape index (κ1) is 8.56. The first-order valence-electron chi connectivity index (χ1n) is 8.30. The van der Waals surface area contributed by atoms with E-state index in [0.717, 1.165) is 28.0 Å². The van der Waals surface area contributed by atoms with Crippen LogP contribution in [0.2, 0.25) is 0 Å². The Morgan fingerprint density at radius 3 is 3.14 bits per heavy atom. The molecule has 0 N–H and O–H groups in total. The minimum atomic E-state index is -2.28. The van der Waals surface area contributed by atoms with Gasteiger partial charge in [0.2, 0.25) is 5.82 Å². The van der Waals surface area contributed by atoms with Gasteiger partial charge in [-0.2, -0.15) is 0 Å². The molecule has 0 spiro atoms. The van der Waals surface area contributed by atoms with Crippen molar-refractivity contribution in [3.63, 3.8) is 0 Å². The van der Waals surface area contributed by atoms with Gasteiger partial charge in [-0.25, -0.2) is 4.57 Å². The lowest BCUT2D eigenvalue weighted by Gasteiger charge is -1.97. The van der Waals surface area contributed by atoms with E-state index in [1.807, 2.05) is 29.8 Å². The van der Waals surface area contributed by atoms with E-state index in [9.17, 15) is 0 Å². The second kappa shape index (κ2) is 3.49. The molecule has 0 bridgehead atoms. The molecule has 0 aliphatic carbocycles. The van der Waals surface area contributed by atoms with Gasteiger partial charge >= 0.3 is 0 Å². The third-order valence-electron chi connectivity index (χ3n) is 4.32. The van der Waals surface area contributed by atoms with Gasteiger partial charge in [0.05, 0.1) is 41.0 Å². The van der Waals surface area contributed by atoms with E-state index >= 15 is 0 Å².